The van der Waals surface area contributed by atoms with Crippen molar-refractivity contribution in [2.75, 3.05) is 26.2 Å². The van der Waals surface area contributed by atoms with Crippen LogP contribution in [0.25, 0.3) is 0 Å². The first-order chi connectivity index (χ1) is 7.85. The second-order valence-corrected chi connectivity index (χ2v) is 4.69. The molecule has 0 spiro atoms. The van der Waals surface area contributed by atoms with Gasteiger partial charge in [0, 0.05) is 6.54 Å². The minimum absolute atomic E-state index is 0.302. The van der Waals surface area contributed by atoms with E-state index in [0.717, 1.165) is 13.1 Å². The van der Waals surface area contributed by atoms with Crippen LogP contribution in [0.4, 0.5) is 0 Å². The molecule has 1 N–H and O–H groups in total. The molecule has 0 rings (SSSR count). The summed E-state index contributed by atoms with van der Waals surface area (Å²) in [5.41, 5.74) is 0. The minimum Gasteiger partial charge on any atom is -0.395 e. The number of nitrogens with zero attached hydrogens (tertiary/aromatic N) is 1. The van der Waals surface area contributed by atoms with E-state index in [-0.39, 0.29) is 0 Å². The van der Waals surface area contributed by atoms with Gasteiger partial charge in [0.15, 0.2) is 0 Å². The van der Waals surface area contributed by atoms with Gasteiger partial charge in [0.2, 0.25) is 0 Å². The van der Waals surface area contributed by atoms with Gasteiger partial charge in [-0.15, -0.1) is 0 Å². The Balaban J connectivity index is 3.25. The molecule has 0 bridgehead atoms. The number of unbranched alkanes of at least 4 members (excludes halogenated alkanes) is 6. The number of hydrogen-bond donors (Lipinski definition) is 1. The highest BCUT2D eigenvalue weighted by Gasteiger charge is 2.01. The van der Waals surface area contributed by atoms with Crippen molar-refractivity contribution in [1.82, 2.24) is 4.90 Å². The topological polar surface area (TPSA) is 23.5 Å². The van der Waals surface area contributed by atoms with Crippen LogP contribution in [0.1, 0.15) is 65.2 Å². The van der Waals surface area contributed by atoms with Gasteiger partial charge >= 0.3 is 0 Å². The summed E-state index contributed by atoms with van der Waals surface area (Å²) < 4.78 is 0. The maximum absolute atomic E-state index is 8.92. The van der Waals surface area contributed by atoms with E-state index in [2.05, 4.69) is 18.7 Å². The highest BCUT2D eigenvalue weighted by Crippen LogP contribution is 2.07. The Hall–Kier alpha value is -0.0800. The smallest absolute Gasteiger partial charge is 0.0558 e. The van der Waals surface area contributed by atoms with Gasteiger partial charge in [-0.3, -0.25) is 0 Å². The molecule has 0 aliphatic heterocycles. The molecule has 0 aromatic rings. The van der Waals surface area contributed by atoms with Crippen molar-refractivity contribution in [3.63, 3.8) is 0 Å². The molecule has 0 aromatic heterocycles. The lowest BCUT2D eigenvalue weighted by Crippen LogP contribution is -2.28. The molecule has 0 saturated heterocycles. The van der Waals surface area contributed by atoms with Gasteiger partial charge < -0.3 is 10.0 Å². The third kappa shape index (κ3) is 10.4. The van der Waals surface area contributed by atoms with Crippen LogP contribution in [0.15, 0.2) is 0 Å². The molecule has 0 atom stereocenters. The first kappa shape index (κ1) is 15.9. The van der Waals surface area contributed by atoms with E-state index in [0.29, 0.717) is 6.61 Å². The SMILES string of the molecule is CCCCCCCCCN(CCC)CCO. The molecule has 0 radical (unpaired) electrons. The first-order valence-electron chi connectivity index (χ1n) is 7.18. The molecule has 0 aromatic carbocycles. The lowest BCUT2D eigenvalue weighted by molar-refractivity contribution is 0.193. The minimum atomic E-state index is 0.302. The van der Waals surface area contributed by atoms with Crippen LogP contribution >= 0.6 is 0 Å². The molecule has 2 nitrogen and oxygen atoms in total. The van der Waals surface area contributed by atoms with Crippen LogP contribution in [-0.4, -0.2) is 36.2 Å². The number of aliphatic hydroxyl groups is 1. The average molecular weight is 229 g/mol. The Morgan fingerprint density at radius 2 is 1.31 bits per heavy atom. The van der Waals surface area contributed by atoms with Gasteiger partial charge in [0.05, 0.1) is 6.61 Å². The summed E-state index contributed by atoms with van der Waals surface area (Å²) >= 11 is 0. The summed E-state index contributed by atoms with van der Waals surface area (Å²) in [5, 5.41) is 8.92. The van der Waals surface area contributed by atoms with Gasteiger partial charge in [0.1, 0.15) is 0 Å². The third-order valence-electron chi connectivity index (χ3n) is 3.03. The van der Waals surface area contributed by atoms with Crippen molar-refractivity contribution in [1.29, 1.82) is 0 Å². The predicted octanol–water partition coefficient (Wildman–Crippen LogP) is 3.44. The summed E-state index contributed by atoms with van der Waals surface area (Å²) in [7, 11) is 0. The van der Waals surface area contributed by atoms with E-state index in [1.54, 1.807) is 0 Å². The Morgan fingerprint density at radius 1 is 0.688 bits per heavy atom. The largest absolute Gasteiger partial charge is 0.395 e. The lowest BCUT2D eigenvalue weighted by Gasteiger charge is -2.20. The maximum Gasteiger partial charge on any atom is 0.0558 e. The van der Waals surface area contributed by atoms with Crippen LogP contribution in [0.2, 0.25) is 0 Å². The van der Waals surface area contributed by atoms with E-state index >= 15 is 0 Å². The van der Waals surface area contributed by atoms with Crippen LogP contribution in [-0.2, 0) is 0 Å². The molecule has 0 amide bonds. The fourth-order valence-electron chi connectivity index (χ4n) is 2.09. The Morgan fingerprint density at radius 3 is 1.88 bits per heavy atom. The second-order valence-electron chi connectivity index (χ2n) is 4.69. The molecular weight excluding hydrogens is 198 g/mol. The molecule has 0 heterocycles. The Kier molecular flexibility index (Phi) is 12.9. The van der Waals surface area contributed by atoms with Gasteiger partial charge in [-0.2, -0.15) is 0 Å². The molecule has 0 aliphatic rings. The molecule has 0 fully saturated rings. The summed E-state index contributed by atoms with van der Waals surface area (Å²) in [6.07, 6.45) is 10.8. The van der Waals surface area contributed by atoms with Crippen molar-refractivity contribution in [2.24, 2.45) is 0 Å². The maximum atomic E-state index is 8.92. The quantitative estimate of drug-likeness (QED) is 0.518. The van der Waals surface area contributed by atoms with E-state index in [9.17, 15) is 0 Å². The van der Waals surface area contributed by atoms with Crippen molar-refractivity contribution >= 4 is 0 Å². The lowest BCUT2D eigenvalue weighted by atomic mass is 10.1. The number of aliphatic hydroxyl groups excluding tert-OH is 1. The predicted molar refractivity (Wildman–Crippen MR) is 71.8 cm³/mol. The summed E-state index contributed by atoms with van der Waals surface area (Å²) in [5.74, 6) is 0. The second kappa shape index (κ2) is 13.0. The van der Waals surface area contributed by atoms with Crippen LogP contribution in [0.5, 0.6) is 0 Å². The molecular formula is C14H31NO. The van der Waals surface area contributed by atoms with Crippen LogP contribution in [0, 0.1) is 0 Å². The average Bonchev–Trinajstić information content (AvgIpc) is 2.28. The van der Waals surface area contributed by atoms with Crippen molar-refractivity contribution in [2.45, 2.75) is 65.2 Å². The van der Waals surface area contributed by atoms with Gasteiger partial charge in [-0.25, -0.2) is 0 Å². The zero-order valence-corrected chi connectivity index (χ0v) is 11.4. The standard InChI is InChI=1S/C14H31NO/c1-3-5-6-7-8-9-10-12-15(11-4-2)13-14-16/h16H,3-14H2,1-2H3. The van der Waals surface area contributed by atoms with Crippen molar-refractivity contribution in [3.8, 4) is 0 Å². The molecule has 16 heavy (non-hydrogen) atoms. The molecule has 98 valence electrons. The summed E-state index contributed by atoms with van der Waals surface area (Å²) in [6, 6.07) is 0. The van der Waals surface area contributed by atoms with E-state index in [1.807, 2.05) is 0 Å². The fourth-order valence-corrected chi connectivity index (χ4v) is 2.09. The highest BCUT2D eigenvalue weighted by atomic mass is 16.3. The monoisotopic (exact) mass is 229 g/mol. The Bertz CT molecular complexity index is 122. The van der Waals surface area contributed by atoms with E-state index in [1.165, 1.54) is 57.9 Å². The van der Waals surface area contributed by atoms with Gasteiger partial charge in [0.25, 0.3) is 0 Å². The van der Waals surface area contributed by atoms with Gasteiger partial charge in [-0.05, 0) is 25.9 Å². The fraction of sp³-hybridized carbons (Fsp3) is 1.00. The Labute approximate surface area is 102 Å². The number of rotatable bonds is 12. The van der Waals surface area contributed by atoms with E-state index in [4.69, 9.17) is 5.11 Å². The molecule has 0 unspecified atom stereocenters. The molecule has 2 heteroatoms. The van der Waals surface area contributed by atoms with Crippen LogP contribution in [0.3, 0.4) is 0 Å². The van der Waals surface area contributed by atoms with Crippen molar-refractivity contribution in [3.05, 3.63) is 0 Å². The highest BCUT2D eigenvalue weighted by molar-refractivity contribution is 4.56. The summed E-state index contributed by atoms with van der Waals surface area (Å²) in [6.45, 7) is 7.92. The normalized spacial score (nSPS) is 11.2. The van der Waals surface area contributed by atoms with Crippen LogP contribution < -0.4 is 0 Å². The molecule has 0 saturated carbocycles. The zero-order chi connectivity index (χ0) is 12.1. The summed E-state index contributed by atoms with van der Waals surface area (Å²) in [4.78, 5) is 2.38. The first-order valence-corrected chi connectivity index (χ1v) is 7.18. The van der Waals surface area contributed by atoms with E-state index < -0.39 is 0 Å². The van der Waals surface area contributed by atoms with Gasteiger partial charge in [-0.1, -0.05) is 52.4 Å². The molecule has 0 aliphatic carbocycles. The zero-order valence-electron chi connectivity index (χ0n) is 11.4. The van der Waals surface area contributed by atoms with Crippen molar-refractivity contribution < 1.29 is 5.11 Å². The number of hydrogen-bond acceptors (Lipinski definition) is 2. The third-order valence-corrected chi connectivity index (χ3v) is 3.03.